The largest absolute Gasteiger partial charge is 0.370 e. The van der Waals surface area contributed by atoms with Crippen molar-refractivity contribution in [3.63, 3.8) is 0 Å². The van der Waals surface area contributed by atoms with Gasteiger partial charge in [-0.1, -0.05) is 19.4 Å². The van der Waals surface area contributed by atoms with Gasteiger partial charge in [0.05, 0.1) is 9.82 Å². The van der Waals surface area contributed by atoms with Crippen LogP contribution in [0.1, 0.15) is 19.8 Å². The summed E-state index contributed by atoms with van der Waals surface area (Å²) in [6.07, 6.45) is 1.95. The first-order chi connectivity index (χ1) is 10.9. The Morgan fingerprint density at radius 1 is 1.39 bits per heavy atom. The summed E-state index contributed by atoms with van der Waals surface area (Å²) in [5.74, 6) is 0.257. The number of rotatable bonds is 9. The lowest BCUT2D eigenvalue weighted by molar-refractivity contribution is -0.385. The maximum Gasteiger partial charge on any atom is 0.270 e. The number of benzene rings is 1. The van der Waals surface area contributed by atoms with E-state index in [4.69, 9.17) is 5.73 Å². The second-order valence-corrected chi connectivity index (χ2v) is 6.47. The smallest absolute Gasteiger partial charge is 0.270 e. The quantitative estimate of drug-likeness (QED) is 0.197. The van der Waals surface area contributed by atoms with Crippen molar-refractivity contribution in [2.24, 2.45) is 10.7 Å². The van der Waals surface area contributed by atoms with Crippen LogP contribution in [-0.2, 0) is 10.0 Å². The van der Waals surface area contributed by atoms with E-state index in [0.717, 1.165) is 18.9 Å². The van der Waals surface area contributed by atoms with E-state index in [0.29, 0.717) is 6.54 Å². The van der Waals surface area contributed by atoms with E-state index in [2.05, 4.69) is 15.0 Å². The van der Waals surface area contributed by atoms with E-state index < -0.39 is 14.9 Å². The summed E-state index contributed by atoms with van der Waals surface area (Å²) in [5, 5.41) is 13.5. The predicted octanol–water partition coefficient (Wildman–Crippen LogP) is 0.578. The van der Waals surface area contributed by atoms with Crippen LogP contribution in [0.3, 0.4) is 0 Å². The molecule has 0 saturated carbocycles. The average molecular weight is 343 g/mol. The maximum atomic E-state index is 12.0. The van der Waals surface area contributed by atoms with Crippen molar-refractivity contribution in [3.8, 4) is 0 Å². The Kier molecular flexibility index (Phi) is 7.42. The first-order valence-corrected chi connectivity index (χ1v) is 8.63. The third-order valence-corrected chi connectivity index (χ3v) is 4.31. The second kappa shape index (κ2) is 9.06. The number of sulfonamides is 1. The van der Waals surface area contributed by atoms with Gasteiger partial charge in [-0.05, 0) is 12.5 Å². The molecule has 9 nitrogen and oxygen atoms in total. The highest BCUT2D eigenvalue weighted by Gasteiger charge is 2.16. The van der Waals surface area contributed by atoms with E-state index in [9.17, 15) is 18.5 Å². The molecule has 0 atom stereocenters. The van der Waals surface area contributed by atoms with Gasteiger partial charge in [0.25, 0.3) is 5.69 Å². The fourth-order valence-corrected chi connectivity index (χ4v) is 2.71. The highest BCUT2D eigenvalue weighted by molar-refractivity contribution is 7.89. The van der Waals surface area contributed by atoms with Gasteiger partial charge >= 0.3 is 0 Å². The van der Waals surface area contributed by atoms with Gasteiger partial charge in [-0.15, -0.1) is 0 Å². The van der Waals surface area contributed by atoms with E-state index in [1.54, 1.807) is 0 Å². The van der Waals surface area contributed by atoms with E-state index in [-0.39, 0.29) is 29.6 Å². The molecule has 1 rings (SSSR count). The van der Waals surface area contributed by atoms with Crippen LogP contribution in [0.25, 0.3) is 0 Å². The number of aliphatic imine (C=N–C) groups is 1. The van der Waals surface area contributed by atoms with Crippen molar-refractivity contribution in [2.45, 2.75) is 24.7 Å². The summed E-state index contributed by atoms with van der Waals surface area (Å²) < 4.78 is 26.4. The number of nitrogens with one attached hydrogen (secondary N) is 2. The van der Waals surface area contributed by atoms with Crippen molar-refractivity contribution in [1.29, 1.82) is 0 Å². The second-order valence-electron chi connectivity index (χ2n) is 4.70. The van der Waals surface area contributed by atoms with Gasteiger partial charge in [-0.3, -0.25) is 15.1 Å². The summed E-state index contributed by atoms with van der Waals surface area (Å²) in [7, 11) is -3.81. The Balaban J connectivity index is 2.52. The van der Waals surface area contributed by atoms with Crippen molar-refractivity contribution in [1.82, 2.24) is 10.0 Å². The highest BCUT2D eigenvalue weighted by atomic mass is 32.2. The summed E-state index contributed by atoms with van der Waals surface area (Å²) in [4.78, 5) is 13.9. The van der Waals surface area contributed by atoms with Crippen molar-refractivity contribution in [2.75, 3.05) is 19.6 Å². The van der Waals surface area contributed by atoms with Gasteiger partial charge in [-0.25, -0.2) is 13.1 Å². The fourth-order valence-electron chi connectivity index (χ4n) is 1.64. The number of nitrogens with zero attached hydrogens (tertiary/aromatic N) is 2. The molecule has 0 fully saturated rings. The Hall–Kier alpha value is -2.20. The van der Waals surface area contributed by atoms with Crippen LogP contribution in [-0.4, -0.2) is 38.9 Å². The number of guanidine groups is 1. The lowest BCUT2D eigenvalue weighted by atomic mass is 10.3. The van der Waals surface area contributed by atoms with Gasteiger partial charge in [0.2, 0.25) is 10.0 Å². The molecule has 23 heavy (non-hydrogen) atoms. The molecular weight excluding hydrogens is 322 g/mol. The summed E-state index contributed by atoms with van der Waals surface area (Å²) in [6.45, 7) is 3.00. The van der Waals surface area contributed by atoms with Crippen LogP contribution in [0.5, 0.6) is 0 Å². The van der Waals surface area contributed by atoms with Gasteiger partial charge in [-0.2, -0.15) is 0 Å². The van der Waals surface area contributed by atoms with Crippen LogP contribution in [0.2, 0.25) is 0 Å². The molecule has 0 amide bonds. The minimum atomic E-state index is -3.81. The normalized spacial score (nSPS) is 12.1. The van der Waals surface area contributed by atoms with Crippen molar-refractivity contribution in [3.05, 3.63) is 34.4 Å². The molecule has 1 aromatic carbocycles. The van der Waals surface area contributed by atoms with Crippen LogP contribution in [0.4, 0.5) is 5.69 Å². The van der Waals surface area contributed by atoms with Gasteiger partial charge < -0.3 is 11.1 Å². The molecule has 4 N–H and O–H groups in total. The Labute approximate surface area is 135 Å². The molecule has 10 heteroatoms. The predicted molar refractivity (Wildman–Crippen MR) is 87.7 cm³/mol. The number of nitro groups is 1. The fraction of sp³-hybridized carbons (Fsp3) is 0.462. The molecule has 0 bridgehead atoms. The molecule has 0 aliphatic rings. The zero-order valence-electron chi connectivity index (χ0n) is 12.9. The Morgan fingerprint density at radius 3 is 2.78 bits per heavy atom. The molecule has 0 heterocycles. The number of non-ortho nitro benzene ring substituents is 1. The standard InChI is InChI=1S/C13H21N5O4S/c1-2-3-7-15-13(14)16-8-9-17-23(21,22)12-6-4-5-11(10-12)18(19)20/h4-6,10,17H,2-3,7-9H2,1H3,(H3,14,15,16). The molecule has 0 spiro atoms. The summed E-state index contributed by atoms with van der Waals surface area (Å²) >= 11 is 0. The molecule has 128 valence electrons. The number of unbranched alkanes of at least 4 members (excludes halogenated alkanes) is 1. The monoisotopic (exact) mass is 343 g/mol. The summed E-state index contributed by atoms with van der Waals surface area (Å²) in [6, 6.07) is 4.86. The van der Waals surface area contributed by atoms with Crippen LogP contribution in [0.15, 0.2) is 34.2 Å². The molecule has 0 aliphatic heterocycles. The lowest BCUT2D eigenvalue weighted by Gasteiger charge is -2.08. The summed E-state index contributed by atoms with van der Waals surface area (Å²) in [5.41, 5.74) is 5.34. The third kappa shape index (κ3) is 6.61. The molecule has 0 saturated heterocycles. The first-order valence-electron chi connectivity index (χ1n) is 7.14. The van der Waals surface area contributed by atoms with Crippen LogP contribution >= 0.6 is 0 Å². The Bertz CT molecular complexity index is 660. The first kappa shape index (κ1) is 18.8. The van der Waals surface area contributed by atoms with Crippen molar-refractivity contribution < 1.29 is 13.3 Å². The zero-order chi connectivity index (χ0) is 17.3. The van der Waals surface area contributed by atoms with Gasteiger partial charge in [0.15, 0.2) is 5.96 Å². The maximum absolute atomic E-state index is 12.0. The van der Waals surface area contributed by atoms with Crippen molar-refractivity contribution >= 4 is 21.7 Å². The molecule has 0 unspecified atom stereocenters. The third-order valence-electron chi connectivity index (χ3n) is 2.86. The topological polar surface area (TPSA) is 140 Å². The van der Waals surface area contributed by atoms with E-state index in [1.807, 2.05) is 6.92 Å². The van der Waals surface area contributed by atoms with E-state index in [1.165, 1.54) is 18.2 Å². The van der Waals surface area contributed by atoms with E-state index >= 15 is 0 Å². The molecule has 0 radical (unpaired) electrons. The molecule has 0 aliphatic carbocycles. The lowest BCUT2D eigenvalue weighted by Crippen LogP contribution is -2.38. The molecular formula is C13H21N5O4S. The molecule has 1 aromatic rings. The SMILES string of the molecule is CCCCN=C(N)NCCNS(=O)(=O)c1cccc([N+](=O)[O-])c1. The average Bonchev–Trinajstić information content (AvgIpc) is 2.52. The Morgan fingerprint density at radius 2 is 2.13 bits per heavy atom. The number of nitrogens with two attached hydrogens (primary N) is 1. The van der Waals surface area contributed by atoms with Crippen LogP contribution in [0, 0.1) is 10.1 Å². The zero-order valence-corrected chi connectivity index (χ0v) is 13.7. The van der Waals surface area contributed by atoms with Crippen LogP contribution < -0.4 is 15.8 Å². The molecule has 0 aromatic heterocycles. The van der Waals surface area contributed by atoms with Gasteiger partial charge in [0.1, 0.15) is 0 Å². The minimum Gasteiger partial charge on any atom is -0.370 e. The number of nitro benzene ring substituents is 1. The number of hydrogen-bond donors (Lipinski definition) is 3. The highest BCUT2D eigenvalue weighted by Crippen LogP contribution is 2.16. The number of hydrogen-bond acceptors (Lipinski definition) is 5. The van der Waals surface area contributed by atoms with Gasteiger partial charge in [0, 0.05) is 31.8 Å². The minimum absolute atomic E-state index is 0.0784.